The van der Waals surface area contributed by atoms with Crippen molar-refractivity contribution < 1.29 is 4.74 Å². The zero-order valence-corrected chi connectivity index (χ0v) is 12.5. The van der Waals surface area contributed by atoms with Crippen molar-refractivity contribution >= 4 is 15.9 Å². The fourth-order valence-electron chi connectivity index (χ4n) is 1.88. The molecule has 0 fully saturated rings. The molecule has 1 atom stereocenters. The van der Waals surface area contributed by atoms with E-state index in [1.54, 1.807) is 13.3 Å². The van der Waals surface area contributed by atoms with E-state index in [1.165, 1.54) is 0 Å². The van der Waals surface area contributed by atoms with Gasteiger partial charge in [-0.3, -0.25) is 0 Å². The highest BCUT2D eigenvalue weighted by atomic mass is 79.9. The second-order valence-corrected chi connectivity index (χ2v) is 5.16. The summed E-state index contributed by atoms with van der Waals surface area (Å²) < 4.78 is 6.14. The van der Waals surface area contributed by atoms with E-state index in [9.17, 15) is 0 Å². The van der Waals surface area contributed by atoms with Gasteiger partial charge in [0.25, 0.3) is 0 Å². The lowest BCUT2D eigenvalue weighted by Crippen LogP contribution is -2.15. The van der Waals surface area contributed by atoms with Gasteiger partial charge in [0.2, 0.25) is 0 Å². The third-order valence-corrected chi connectivity index (χ3v) is 3.47. The van der Waals surface area contributed by atoms with Gasteiger partial charge in [-0.1, -0.05) is 6.07 Å². The minimum absolute atomic E-state index is 0.137. The molecule has 0 saturated heterocycles. The summed E-state index contributed by atoms with van der Waals surface area (Å²) in [6, 6.07) is 7.68. The Morgan fingerprint density at radius 2 is 2.16 bits per heavy atom. The lowest BCUT2D eigenvalue weighted by Gasteiger charge is -2.12. The van der Waals surface area contributed by atoms with Gasteiger partial charge in [0.15, 0.2) is 0 Å². The molecule has 2 aromatic rings. The molecule has 0 radical (unpaired) electrons. The predicted octanol–water partition coefficient (Wildman–Crippen LogP) is 2.80. The molecule has 0 spiro atoms. The van der Waals surface area contributed by atoms with E-state index in [2.05, 4.69) is 25.9 Å². The quantitative estimate of drug-likeness (QED) is 0.940. The van der Waals surface area contributed by atoms with E-state index in [1.807, 2.05) is 31.2 Å². The maximum atomic E-state index is 6.18. The number of benzene rings is 1. The molecule has 2 rings (SSSR count). The molecule has 0 aliphatic heterocycles. The van der Waals surface area contributed by atoms with Gasteiger partial charge >= 0.3 is 0 Å². The van der Waals surface area contributed by atoms with Crippen molar-refractivity contribution in [3.8, 4) is 5.75 Å². The topological polar surface area (TPSA) is 61.0 Å². The summed E-state index contributed by atoms with van der Waals surface area (Å²) in [6.07, 6.45) is 2.46. The predicted molar refractivity (Wildman–Crippen MR) is 78.1 cm³/mol. The van der Waals surface area contributed by atoms with Crippen LogP contribution in [0.25, 0.3) is 0 Å². The van der Waals surface area contributed by atoms with Gasteiger partial charge in [0, 0.05) is 6.20 Å². The third-order valence-electron chi connectivity index (χ3n) is 2.85. The van der Waals surface area contributed by atoms with Gasteiger partial charge in [-0.25, -0.2) is 9.97 Å². The third kappa shape index (κ3) is 3.52. The molecular formula is C14H16BrN3O. The fraction of sp³-hybridized carbons (Fsp3) is 0.286. The van der Waals surface area contributed by atoms with Crippen molar-refractivity contribution in [2.75, 3.05) is 7.11 Å². The molecule has 1 aromatic carbocycles. The summed E-state index contributed by atoms with van der Waals surface area (Å²) in [5.41, 5.74) is 8.18. The first kappa shape index (κ1) is 14.0. The molecular weight excluding hydrogens is 306 g/mol. The number of rotatable bonds is 4. The average molecular weight is 322 g/mol. The largest absolute Gasteiger partial charge is 0.496 e. The monoisotopic (exact) mass is 321 g/mol. The Bertz CT molecular complexity index is 574. The van der Waals surface area contributed by atoms with E-state index >= 15 is 0 Å². The SMILES string of the molecule is COc1ccc(CC(N)c2ccnc(C)n2)cc1Br. The van der Waals surface area contributed by atoms with Gasteiger partial charge in [-0.15, -0.1) is 0 Å². The van der Waals surface area contributed by atoms with Gasteiger partial charge in [-0.05, 0) is 53.0 Å². The molecule has 1 aromatic heterocycles. The minimum Gasteiger partial charge on any atom is -0.496 e. The summed E-state index contributed by atoms with van der Waals surface area (Å²) >= 11 is 3.47. The highest BCUT2D eigenvalue weighted by Crippen LogP contribution is 2.27. The molecule has 5 heteroatoms. The Hall–Kier alpha value is -1.46. The molecule has 1 heterocycles. The Kier molecular flexibility index (Phi) is 4.50. The molecule has 0 bridgehead atoms. The summed E-state index contributed by atoms with van der Waals surface area (Å²) in [7, 11) is 1.65. The van der Waals surface area contributed by atoms with Crippen molar-refractivity contribution in [3.63, 3.8) is 0 Å². The van der Waals surface area contributed by atoms with Crippen molar-refractivity contribution in [1.29, 1.82) is 0 Å². The van der Waals surface area contributed by atoms with E-state index in [-0.39, 0.29) is 6.04 Å². The highest BCUT2D eigenvalue weighted by Gasteiger charge is 2.10. The van der Waals surface area contributed by atoms with Crippen LogP contribution in [0.4, 0.5) is 0 Å². The van der Waals surface area contributed by atoms with Crippen LogP contribution in [0, 0.1) is 6.92 Å². The van der Waals surface area contributed by atoms with Gasteiger partial charge in [0.1, 0.15) is 11.6 Å². The lowest BCUT2D eigenvalue weighted by molar-refractivity contribution is 0.412. The van der Waals surface area contributed by atoms with E-state index < -0.39 is 0 Å². The maximum Gasteiger partial charge on any atom is 0.133 e. The number of hydrogen-bond donors (Lipinski definition) is 1. The summed E-state index contributed by atoms with van der Waals surface area (Å²) in [6.45, 7) is 1.86. The number of halogens is 1. The Morgan fingerprint density at radius 1 is 1.37 bits per heavy atom. The van der Waals surface area contributed by atoms with Crippen molar-refractivity contribution in [2.45, 2.75) is 19.4 Å². The van der Waals surface area contributed by atoms with Crippen LogP contribution in [0.5, 0.6) is 5.75 Å². The molecule has 0 saturated carbocycles. The van der Waals surface area contributed by atoms with E-state index in [0.717, 1.165) is 33.7 Å². The van der Waals surface area contributed by atoms with Gasteiger partial charge < -0.3 is 10.5 Å². The van der Waals surface area contributed by atoms with Crippen molar-refractivity contribution in [3.05, 3.63) is 52.0 Å². The zero-order chi connectivity index (χ0) is 13.8. The Balaban J connectivity index is 2.14. The van der Waals surface area contributed by atoms with Gasteiger partial charge in [-0.2, -0.15) is 0 Å². The van der Waals surface area contributed by atoms with Crippen molar-refractivity contribution in [2.24, 2.45) is 5.73 Å². The number of hydrogen-bond acceptors (Lipinski definition) is 4. The van der Waals surface area contributed by atoms with Gasteiger partial charge in [0.05, 0.1) is 23.3 Å². The molecule has 1 unspecified atom stereocenters. The number of ether oxygens (including phenoxy) is 1. The number of aryl methyl sites for hydroxylation is 1. The highest BCUT2D eigenvalue weighted by molar-refractivity contribution is 9.10. The molecule has 0 aliphatic rings. The second kappa shape index (κ2) is 6.12. The van der Waals surface area contributed by atoms with Crippen LogP contribution in [0.1, 0.15) is 23.1 Å². The first-order valence-electron chi connectivity index (χ1n) is 5.97. The summed E-state index contributed by atoms with van der Waals surface area (Å²) in [5, 5.41) is 0. The minimum atomic E-state index is -0.137. The molecule has 0 amide bonds. The zero-order valence-electron chi connectivity index (χ0n) is 10.9. The van der Waals surface area contributed by atoms with Crippen LogP contribution >= 0.6 is 15.9 Å². The first-order valence-corrected chi connectivity index (χ1v) is 6.77. The molecule has 0 aliphatic carbocycles. The lowest BCUT2D eigenvalue weighted by atomic mass is 10.0. The van der Waals surface area contributed by atoms with Crippen LogP contribution in [0.15, 0.2) is 34.9 Å². The number of nitrogens with two attached hydrogens (primary N) is 1. The Labute approximate surface area is 121 Å². The molecule has 2 N–H and O–H groups in total. The molecule has 19 heavy (non-hydrogen) atoms. The first-order chi connectivity index (χ1) is 9.10. The van der Waals surface area contributed by atoms with Crippen LogP contribution in [-0.4, -0.2) is 17.1 Å². The van der Waals surface area contributed by atoms with Crippen molar-refractivity contribution in [1.82, 2.24) is 9.97 Å². The summed E-state index contributed by atoms with van der Waals surface area (Å²) in [4.78, 5) is 8.43. The molecule has 100 valence electrons. The number of methoxy groups -OCH3 is 1. The molecule has 4 nitrogen and oxygen atoms in total. The number of aromatic nitrogens is 2. The van der Waals surface area contributed by atoms with Crippen LogP contribution in [0.2, 0.25) is 0 Å². The normalized spacial score (nSPS) is 12.2. The smallest absolute Gasteiger partial charge is 0.133 e. The fourth-order valence-corrected chi connectivity index (χ4v) is 2.46. The maximum absolute atomic E-state index is 6.18. The standard InChI is InChI=1S/C14H16BrN3O/c1-9-17-6-5-13(18-9)12(16)8-10-3-4-14(19-2)11(15)7-10/h3-7,12H,8,16H2,1-2H3. The number of nitrogens with zero attached hydrogens (tertiary/aromatic N) is 2. The van der Waals surface area contributed by atoms with E-state index in [4.69, 9.17) is 10.5 Å². The Morgan fingerprint density at radius 3 is 2.79 bits per heavy atom. The second-order valence-electron chi connectivity index (χ2n) is 4.31. The van der Waals surface area contributed by atoms with E-state index in [0.29, 0.717) is 0 Å². The van der Waals surface area contributed by atoms with Crippen LogP contribution < -0.4 is 10.5 Å². The van der Waals surface area contributed by atoms with Crippen LogP contribution in [-0.2, 0) is 6.42 Å². The average Bonchev–Trinajstić information content (AvgIpc) is 2.39. The van der Waals surface area contributed by atoms with Crippen LogP contribution in [0.3, 0.4) is 0 Å². The summed E-state index contributed by atoms with van der Waals surface area (Å²) in [5.74, 6) is 1.55.